The van der Waals surface area contributed by atoms with Crippen LogP contribution in [0.2, 0.25) is 0 Å². The van der Waals surface area contributed by atoms with Gasteiger partial charge in [-0.05, 0) is 19.9 Å². The Kier molecular flexibility index (Phi) is 4.47. The molecule has 0 fully saturated rings. The van der Waals surface area contributed by atoms with Crippen molar-refractivity contribution >= 4 is 23.4 Å². The number of anilines is 2. The van der Waals surface area contributed by atoms with Gasteiger partial charge in [0.1, 0.15) is 11.9 Å². The monoisotopic (exact) mass is 252 g/mol. The number of primary amides is 1. The number of nitrogens with one attached hydrogen (secondary N) is 1. The summed E-state index contributed by atoms with van der Waals surface area (Å²) in [4.78, 5) is 26.5. The molecule has 1 rings (SSSR count). The van der Waals surface area contributed by atoms with E-state index in [0.717, 1.165) is 0 Å². The summed E-state index contributed by atoms with van der Waals surface area (Å²) in [6.45, 7) is 3.51. The minimum Gasteiger partial charge on any atom is -0.462 e. The fourth-order valence-corrected chi connectivity index (χ4v) is 1.27. The lowest BCUT2D eigenvalue weighted by Gasteiger charge is -2.14. The Labute approximate surface area is 105 Å². The van der Waals surface area contributed by atoms with Crippen molar-refractivity contribution in [1.29, 1.82) is 0 Å². The molecule has 7 heteroatoms. The van der Waals surface area contributed by atoms with E-state index in [1.165, 1.54) is 12.3 Å². The van der Waals surface area contributed by atoms with Crippen LogP contribution in [0, 0.1) is 0 Å². The molecule has 0 aromatic carbocycles. The fraction of sp³-hybridized carbons (Fsp3) is 0.364. The molecule has 98 valence electrons. The zero-order valence-corrected chi connectivity index (χ0v) is 10.3. The van der Waals surface area contributed by atoms with Gasteiger partial charge in [-0.2, -0.15) is 0 Å². The summed E-state index contributed by atoms with van der Waals surface area (Å²) >= 11 is 0. The summed E-state index contributed by atoms with van der Waals surface area (Å²) in [6, 6.07) is 0.747. The average molecular weight is 252 g/mol. The molecule has 1 amide bonds. The molecule has 0 saturated heterocycles. The molecule has 1 heterocycles. The molecule has 0 bridgehead atoms. The van der Waals surface area contributed by atoms with Crippen molar-refractivity contribution in [3.8, 4) is 0 Å². The molecule has 7 nitrogen and oxygen atoms in total. The number of aromatic nitrogens is 1. The number of ether oxygens (including phenoxy) is 1. The highest BCUT2D eigenvalue weighted by molar-refractivity contribution is 5.97. The molecule has 18 heavy (non-hydrogen) atoms. The van der Waals surface area contributed by atoms with E-state index in [1.54, 1.807) is 13.8 Å². The molecule has 1 aromatic rings. The van der Waals surface area contributed by atoms with Crippen molar-refractivity contribution in [3.63, 3.8) is 0 Å². The highest BCUT2D eigenvalue weighted by Crippen LogP contribution is 2.18. The van der Waals surface area contributed by atoms with Gasteiger partial charge in [-0.1, -0.05) is 0 Å². The predicted molar refractivity (Wildman–Crippen MR) is 66.9 cm³/mol. The zero-order chi connectivity index (χ0) is 13.7. The van der Waals surface area contributed by atoms with Gasteiger partial charge in [0.05, 0.1) is 24.1 Å². The molecular weight excluding hydrogens is 236 g/mol. The average Bonchev–Trinajstić information content (AvgIpc) is 2.31. The van der Waals surface area contributed by atoms with Crippen LogP contribution in [0.3, 0.4) is 0 Å². The number of esters is 1. The molecule has 0 aliphatic rings. The van der Waals surface area contributed by atoms with Crippen LogP contribution in [0.5, 0.6) is 0 Å². The number of carbonyl (C=O) groups excluding carboxylic acids is 2. The molecule has 1 atom stereocenters. The molecule has 1 unspecified atom stereocenters. The third kappa shape index (κ3) is 3.34. The number of pyridine rings is 1. The van der Waals surface area contributed by atoms with E-state index in [0.29, 0.717) is 5.69 Å². The first-order valence-corrected chi connectivity index (χ1v) is 5.44. The van der Waals surface area contributed by atoms with Gasteiger partial charge in [-0.15, -0.1) is 0 Å². The van der Waals surface area contributed by atoms with Crippen molar-refractivity contribution in [2.75, 3.05) is 17.7 Å². The van der Waals surface area contributed by atoms with E-state index in [-0.39, 0.29) is 18.0 Å². The molecule has 1 aromatic heterocycles. The third-order valence-corrected chi connectivity index (χ3v) is 2.22. The minimum absolute atomic E-state index is 0.190. The Bertz CT molecular complexity index is 462. The first-order chi connectivity index (χ1) is 8.45. The third-order valence-electron chi connectivity index (χ3n) is 2.22. The van der Waals surface area contributed by atoms with E-state index in [1.807, 2.05) is 0 Å². The largest absolute Gasteiger partial charge is 0.462 e. The lowest BCUT2D eigenvalue weighted by atomic mass is 10.2. The number of nitrogens with zero attached hydrogens (tertiary/aromatic N) is 1. The van der Waals surface area contributed by atoms with Crippen LogP contribution < -0.4 is 16.8 Å². The van der Waals surface area contributed by atoms with Crippen LogP contribution in [0.25, 0.3) is 0 Å². The Balaban J connectivity index is 3.03. The van der Waals surface area contributed by atoms with Crippen molar-refractivity contribution in [3.05, 3.63) is 17.8 Å². The number of hydrogen-bond acceptors (Lipinski definition) is 6. The topological polar surface area (TPSA) is 120 Å². The lowest BCUT2D eigenvalue weighted by molar-refractivity contribution is -0.118. The molecule has 5 N–H and O–H groups in total. The second-order valence-electron chi connectivity index (χ2n) is 3.64. The Hall–Kier alpha value is -2.31. The Morgan fingerprint density at radius 1 is 1.56 bits per heavy atom. The summed E-state index contributed by atoms with van der Waals surface area (Å²) in [6.07, 6.45) is 1.36. The zero-order valence-electron chi connectivity index (χ0n) is 10.3. The maximum Gasteiger partial charge on any atom is 0.340 e. The minimum atomic E-state index is -0.636. The van der Waals surface area contributed by atoms with Crippen LogP contribution in [-0.4, -0.2) is 29.5 Å². The Morgan fingerprint density at radius 2 is 2.22 bits per heavy atom. The maximum absolute atomic E-state index is 11.7. The summed E-state index contributed by atoms with van der Waals surface area (Å²) in [7, 11) is 0. The summed E-state index contributed by atoms with van der Waals surface area (Å²) < 4.78 is 4.89. The molecule has 0 aliphatic carbocycles. The summed E-state index contributed by atoms with van der Waals surface area (Å²) in [5.41, 5.74) is 11.2. The fourth-order valence-electron chi connectivity index (χ4n) is 1.27. The lowest BCUT2D eigenvalue weighted by Crippen LogP contribution is -2.33. The van der Waals surface area contributed by atoms with E-state index in [2.05, 4.69) is 10.3 Å². The predicted octanol–water partition coefficient (Wildman–Crippen LogP) is 0.126. The van der Waals surface area contributed by atoms with Gasteiger partial charge in [0.2, 0.25) is 5.91 Å². The van der Waals surface area contributed by atoms with E-state index in [4.69, 9.17) is 16.2 Å². The number of hydrogen-bond donors (Lipinski definition) is 3. The van der Waals surface area contributed by atoms with Gasteiger partial charge in [0.15, 0.2) is 0 Å². The van der Waals surface area contributed by atoms with Gasteiger partial charge in [0.25, 0.3) is 0 Å². The number of rotatable bonds is 5. The van der Waals surface area contributed by atoms with Gasteiger partial charge < -0.3 is 21.5 Å². The second kappa shape index (κ2) is 5.85. The van der Waals surface area contributed by atoms with Gasteiger partial charge in [0, 0.05) is 0 Å². The van der Waals surface area contributed by atoms with Crippen molar-refractivity contribution in [2.45, 2.75) is 19.9 Å². The molecule has 0 aliphatic heterocycles. The summed E-state index contributed by atoms with van der Waals surface area (Å²) in [5, 5.41) is 2.78. The van der Waals surface area contributed by atoms with Gasteiger partial charge in [-0.25, -0.2) is 9.78 Å². The number of nitrogens with two attached hydrogens (primary N) is 2. The molecule has 0 spiro atoms. The van der Waals surface area contributed by atoms with Crippen LogP contribution >= 0.6 is 0 Å². The summed E-state index contributed by atoms with van der Waals surface area (Å²) in [5.74, 6) is -0.886. The quantitative estimate of drug-likeness (QED) is 0.640. The van der Waals surface area contributed by atoms with Crippen LogP contribution in [0.1, 0.15) is 24.2 Å². The Morgan fingerprint density at radius 3 is 2.78 bits per heavy atom. The second-order valence-corrected chi connectivity index (χ2v) is 3.64. The molecule has 0 saturated carbocycles. The van der Waals surface area contributed by atoms with Gasteiger partial charge >= 0.3 is 5.97 Å². The van der Waals surface area contributed by atoms with Crippen molar-refractivity contribution in [1.82, 2.24) is 4.98 Å². The number of nitrogen functional groups attached to an aromatic ring is 1. The number of amides is 1. The number of carbonyl (C=O) groups is 2. The normalized spacial score (nSPS) is 11.7. The smallest absolute Gasteiger partial charge is 0.340 e. The highest BCUT2D eigenvalue weighted by atomic mass is 16.5. The SMILES string of the molecule is CCOC(=O)c1cc(N)ncc1NC(C)C(N)=O. The first kappa shape index (κ1) is 13.8. The standard InChI is InChI=1S/C11H16N4O3/c1-3-18-11(17)7-4-9(12)14-5-8(7)15-6(2)10(13)16/h4-6,15H,3H2,1-2H3,(H2,12,14)(H2,13,16). The van der Waals surface area contributed by atoms with Crippen LogP contribution in [-0.2, 0) is 9.53 Å². The van der Waals surface area contributed by atoms with Gasteiger partial charge in [-0.3, -0.25) is 4.79 Å². The maximum atomic E-state index is 11.7. The van der Waals surface area contributed by atoms with Crippen molar-refractivity contribution in [2.24, 2.45) is 5.73 Å². The van der Waals surface area contributed by atoms with E-state index < -0.39 is 17.9 Å². The van der Waals surface area contributed by atoms with Crippen LogP contribution in [0.15, 0.2) is 12.3 Å². The van der Waals surface area contributed by atoms with Crippen LogP contribution in [0.4, 0.5) is 11.5 Å². The molecular formula is C11H16N4O3. The van der Waals surface area contributed by atoms with Crippen molar-refractivity contribution < 1.29 is 14.3 Å². The first-order valence-electron chi connectivity index (χ1n) is 5.44. The van der Waals surface area contributed by atoms with E-state index in [9.17, 15) is 9.59 Å². The molecule has 0 radical (unpaired) electrons. The highest BCUT2D eigenvalue weighted by Gasteiger charge is 2.17. The van der Waals surface area contributed by atoms with E-state index >= 15 is 0 Å².